The van der Waals surface area contributed by atoms with Crippen LogP contribution in [0.25, 0.3) is 0 Å². The van der Waals surface area contributed by atoms with Crippen LogP contribution in [0, 0.1) is 0 Å². The topological polar surface area (TPSA) is 0 Å². The van der Waals surface area contributed by atoms with Crippen LogP contribution < -0.4 is 0 Å². The molecule has 0 unspecified atom stereocenters. The van der Waals surface area contributed by atoms with E-state index in [2.05, 4.69) is 57.8 Å². The molecule has 0 amide bonds. The van der Waals surface area contributed by atoms with Crippen LogP contribution in [0.15, 0.2) is 12.1 Å². The van der Waals surface area contributed by atoms with Crippen molar-refractivity contribution in [3.63, 3.8) is 0 Å². The average Bonchev–Trinajstić information content (AvgIpc) is 2.67. The molecule has 1 aromatic rings. The second-order valence-electron chi connectivity index (χ2n) is 7.70. The molecule has 1 aromatic carbocycles. The fourth-order valence-corrected chi connectivity index (χ4v) is 4.77. The van der Waals surface area contributed by atoms with Gasteiger partial charge >= 0.3 is 0 Å². The molecule has 0 aromatic heterocycles. The zero-order valence-electron chi connectivity index (χ0n) is 17.2. The molecule has 0 bridgehead atoms. The van der Waals surface area contributed by atoms with Gasteiger partial charge in [-0.25, -0.2) is 0 Å². The Hall–Kier alpha value is 0.180. The van der Waals surface area contributed by atoms with Crippen LogP contribution in [0.3, 0.4) is 0 Å². The Kier molecular flexibility index (Phi) is 15.1. The van der Waals surface area contributed by atoms with Gasteiger partial charge in [0.2, 0.25) is 0 Å². The fourth-order valence-electron chi connectivity index (χ4n) is 3.77. The third-order valence-electron chi connectivity index (χ3n) is 5.38. The van der Waals surface area contributed by atoms with Crippen molar-refractivity contribution < 1.29 is 0 Å². The molecule has 0 radical (unpaired) electrons. The van der Waals surface area contributed by atoms with E-state index in [0.29, 0.717) is 0 Å². The molecule has 0 aliphatic heterocycles. The lowest BCUT2D eigenvalue weighted by atomic mass is 9.93. The van der Waals surface area contributed by atoms with Crippen LogP contribution in [-0.4, -0.2) is 0 Å². The van der Waals surface area contributed by atoms with Crippen molar-refractivity contribution in [1.82, 2.24) is 0 Å². The lowest BCUT2D eigenvalue weighted by Crippen LogP contribution is -2.01. The summed E-state index contributed by atoms with van der Waals surface area (Å²) in [6.45, 7) is 4.58. The molecular weight excluding hydrogens is 448 g/mol. The summed E-state index contributed by atoms with van der Waals surface area (Å²) in [6, 6.07) is 4.94. The maximum Gasteiger partial charge on any atom is 0.0285 e. The number of unbranched alkanes of at least 4 members (excludes halogenated alkanes) is 10. The van der Waals surface area contributed by atoms with E-state index >= 15 is 0 Å². The summed E-state index contributed by atoms with van der Waals surface area (Å²) in [5.41, 5.74) is 6.19. The van der Waals surface area contributed by atoms with Gasteiger partial charge in [-0.3, -0.25) is 0 Å². The third kappa shape index (κ3) is 9.93. The van der Waals surface area contributed by atoms with Crippen LogP contribution in [0.2, 0.25) is 0 Å². The summed E-state index contributed by atoms with van der Waals surface area (Å²) in [5, 5.41) is 1.98. The SMILES string of the molecule is CCCCCCCCc1cc(CBr)c(CCCCCCCC)c(CBr)c1. The Balaban J connectivity index is 2.54. The molecule has 0 saturated heterocycles. The number of hydrogen-bond acceptors (Lipinski definition) is 0. The van der Waals surface area contributed by atoms with Gasteiger partial charge in [0.1, 0.15) is 0 Å². The van der Waals surface area contributed by atoms with E-state index < -0.39 is 0 Å². The molecule has 26 heavy (non-hydrogen) atoms. The van der Waals surface area contributed by atoms with Gasteiger partial charge in [-0.05, 0) is 47.9 Å². The Morgan fingerprint density at radius 1 is 0.577 bits per heavy atom. The quantitative estimate of drug-likeness (QED) is 0.161. The van der Waals surface area contributed by atoms with E-state index in [1.54, 1.807) is 5.56 Å². The first kappa shape index (κ1) is 24.2. The second kappa shape index (κ2) is 16.2. The van der Waals surface area contributed by atoms with E-state index in [-0.39, 0.29) is 0 Å². The highest BCUT2D eigenvalue weighted by Crippen LogP contribution is 2.26. The molecule has 0 aliphatic rings. The summed E-state index contributed by atoms with van der Waals surface area (Å²) in [6.07, 6.45) is 19.0. The van der Waals surface area contributed by atoms with Crippen molar-refractivity contribution in [3.8, 4) is 0 Å². The van der Waals surface area contributed by atoms with Gasteiger partial charge in [0, 0.05) is 10.7 Å². The van der Waals surface area contributed by atoms with Crippen molar-refractivity contribution in [1.29, 1.82) is 0 Å². The summed E-state index contributed by atoms with van der Waals surface area (Å²) in [7, 11) is 0. The van der Waals surface area contributed by atoms with E-state index in [1.165, 1.54) is 107 Å². The van der Waals surface area contributed by atoms with Crippen LogP contribution in [-0.2, 0) is 23.5 Å². The van der Waals surface area contributed by atoms with Crippen LogP contribution in [0.4, 0.5) is 0 Å². The Morgan fingerprint density at radius 3 is 1.46 bits per heavy atom. The standard InChI is InChI=1S/C24H40Br2/c1-3-5-7-9-11-13-15-21-17-22(19-25)24(23(18-21)20-26)16-14-12-10-8-6-4-2/h17-18H,3-16,19-20H2,1-2H3. The minimum Gasteiger partial charge on any atom is -0.0876 e. The fraction of sp³-hybridized carbons (Fsp3) is 0.750. The first-order valence-corrected chi connectivity index (χ1v) is 13.3. The van der Waals surface area contributed by atoms with Gasteiger partial charge in [-0.2, -0.15) is 0 Å². The zero-order chi connectivity index (χ0) is 19.0. The van der Waals surface area contributed by atoms with E-state index in [9.17, 15) is 0 Å². The van der Waals surface area contributed by atoms with Crippen molar-refractivity contribution in [2.45, 2.75) is 114 Å². The van der Waals surface area contributed by atoms with Crippen LogP contribution >= 0.6 is 31.9 Å². The molecule has 0 N–H and O–H groups in total. The molecule has 0 aliphatic carbocycles. The highest BCUT2D eigenvalue weighted by Gasteiger charge is 2.10. The summed E-state index contributed by atoms with van der Waals surface area (Å²) >= 11 is 7.49. The largest absolute Gasteiger partial charge is 0.0876 e. The van der Waals surface area contributed by atoms with E-state index in [4.69, 9.17) is 0 Å². The molecule has 0 saturated carbocycles. The monoisotopic (exact) mass is 486 g/mol. The van der Waals surface area contributed by atoms with Gasteiger partial charge < -0.3 is 0 Å². The first-order valence-electron chi connectivity index (χ1n) is 11.0. The predicted octanol–water partition coefficient (Wildman–Crippen LogP) is 9.28. The Labute approximate surface area is 180 Å². The van der Waals surface area contributed by atoms with E-state index in [1.807, 2.05) is 0 Å². The number of halogens is 2. The second-order valence-corrected chi connectivity index (χ2v) is 8.82. The first-order chi connectivity index (χ1) is 12.8. The predicted molar refractivity (Wildman–Crippen MR) is 126 cm³/mol. The molecule has 0 nitrogen and oxygen atoms in total. The van der Waals surface area contributed by atoms with Crippen molar-refractivity contribution in [3.05, 3.63) is 34.4 Å². The van der Waals surface area contributed by atoms with Gasteiger partial charge in [-0.1, -0.05) is 122 Å². The van der Waals surface area contributed by atoms with Crippen LogP contribution in [0.5, 0.6) is 0 Å². The third-order valence-corrected chi connectivity index (χ3v) is 6.59. The van der Waals surface area contributed by atoms with Gasteiger partial charge in [-0.15, -0.1) is 0 Å². The van der Waals surface area contributed by atoms with Crippen molar-refractivity contribution in [2.75, 3.05) is 0 Å². The average molecular weight is 488 g/mol. The number of hydrogen-bond donors (Lipinski definition) is 0. The minimum absolute atomic E-state index is 0.989. The summed E-state index contributed by atoms with van der Waals surface area (Å²) in [5.74, 6) is 0. The maximum atomic E-state index is 3.74. The summed E-state index contributed by atoms with van der Waals surface area (Å²) < 4.78 is 0. The van der Waals surface area contributed by atoms with Crippen LogP contribution in [0.1, 0.15) is 113 Å². The van der Waals surface area contributed by atoms with Gasteiger partial charge in [0.25, 0.3) is 0 Å². The number of benzene rings is 1. The van der Waals surface area contributed by atoms with Gasteiger partial charge in [0.15, 0.2) is 0 Å². The summed E-state index contributed by atoms with van der Waals surface area (Å²) in [4.78, 5) is 0. The minimum atomic E-state index is 0.989. The maximum absolute atomic E-state index is 3.74. The molecular formula is C24H40Br2. The highest BCUT2D eigenvalue weighted by atomic mass is 79.9. The zero-order valence-corrected chi connectivity index (χ0v) is 20.4. The van der Waals surface area contributed by atoms with Crippen molar-refractivity contribution >= 4 is 31.9 Å². The number of rotatable bonds is 16. The molecule has 1 rings (SSSR count). The molecule has 0 spiro atoms. The number of aryl methyl sites for hydroxylation is 1. The molecule has 150 valence electrons. The molecule has 0 heterocycles. The molecule has 2 heteroatoms. The normalized spacial score (nSPS) is 11.2. The van der Waals surface area contributed by atoms with E-state index in [0.717, 1.165) is 10.7 Å². The van der Waals surface area contributed by atoms with Gasteiger partial charge in [0.05, 0.1) is 0 Å². The lowest BCUT2D eigenvalue weighted by molar-refractivity contribution is 0.604. The smallest absolute Gasteiger partial charge is 0.0285 e. The Morgan fingerprint density at radius 2 is 1.00 bits per heavy atom. The number of alkyl halides is 2. The van der Waals surface area contributed by atoms with Crippen molar-refractivity contribution in [2.24, 2.45) is 0 Å². The lowest BCUT2D eigenvalue weighted by Gasteiger charge is -2.15. The molecule has 0 fully saturated rings. The molecule has 0 atom stereocenters. The highest BCUT2D eigenvalue weighted by molar-refractivity contribution is 9.08. The Bertz CT molecular complexity index is 442.